The smallest absolute Gasteiger partial charge is 0.337 e. The molecule has 2 aromatic rings. The number of sulfonamides is 1. The van der Waals surface area contributed by atoms with Gasteiger partial charge in [0.15, 0.2) is 0 Å². The van der Waals surface area contributed by atoms with E-state index in [0.29, 0.717) is 11.3 Å². The average molecular weight is 356 g/mol. The Bertz CT molecular complexity index is 864. The van der Waals surface area contributed by atoms with Gasteiger partial charge in [-0.25, -0.2) is 13.2 Å². The fourth-order valence-corrected chi connectivity index (χ4v) is 3.49. The number of nitrogens with one attached hydrogen (secondary N) is 1. The minimum absolute atomic E-state index is 0.0203. The van der Waals surface area contributed by atoms with Gasteiger partial charge < -0.3 is 9.84 Å². The molecule has 0 heterocycles. The second-order valence-corrected chi connectivity index (χ2v) is 6.79. The Balaban J connectivity index is 2.47. The second kappa shape index (κ2) is 6.47. The first-order valence-electron chi connectivity index (χ1n) is 6.45. The fourth-order valence-electron chi connectivity index (χ4n) is 1.99. The maximum Gasteiger partial charge on any atom is 0.337 e. The van der Waals surface area contributed by atoms with Crippen LogP contribution < -0.4 is 9.46 Å². The minimum Gasteiger partial charge on any atom is -0.495 e. The van der Waals surface area contributed by atoms with Gasteiger partial charge in [-0.3, -0.25) is 4.72 Å². The summed E-state index contributed by atoms with van der Waals surface area (Å²) in [5.74, 6) is -0.883. The van der Waals surface area contributed by atoms with Gasteiger partial charge in [0, 0.05) is 0 Å². The number of carboxylic acid groups (broad SMARTS) is 1. The van der Waals surface area contributed by atoms with Crippen LogP contribution >= 0.6 is 11.6 Å². The van der Waals surface area contributed by atoms with Gasteiger partial charge in [0.05, 0.1) is 28.3 Å². The van der Waals surface area contributed by atoms with Crippen LogP contribution in [0.25, 0.3) is 0 Å². The molecule has 0 spiro atoms. The third-order valence-corrected chi connectivity index (χ3v) is 4.82. The third kappa shape index (κ3) is 3.57. The Morgan fingerprint density at radius 1 is 1.26 bits per heavy atom. The van der Waals surface area contributed by atoms with Crippen LogP contribution in [0.5, 0.6) is 5.75 Å². The van der Waals surface area contributed by atoms with Crippen LogP contribution in [0.1, 0.15) is 15.9 Å². The number of ether oxygens (including phenoxy) is 1. The van der Waals surface area contributed by atoms with Gasteiger partial charge in [-0.1, -0.05) is 23.7 Å². The first-order valence-corrected chi connectivity index (χ1v) is 8.31. The van der Waals surface area contributed by atoms with Crippen molar-refractivity contribution in [3.63, 3.8) is 0 Å². The topological polar surface area (TPSA) is 92.7 Å². The number of para-hydroxylation sites is 1. The molecule has 0 saturated heterocycles. The van der Waals surface area contributed by atoms with Crippen molar-refractivity contribution < 1.29 is 23.1 Å². The summed E-state index contributed by atoms with van der Waals surface area (Å²) in [6, 6.07) is 8.47. The van der Waals surface area contributed by atoms with Crippen molar-refractivity contribution in [3.05, 3.63) is 52.5 Å². The van der Waals surface area contributed by atoms with E-state index in [4.69, 9.17) is 16.3 Å². The van der Waals surface area contributed by atoms with E-state index in [2.05, 4.69) is 4.72 Å². The molecule has 0 aromatic heterocycles. The molecule has 0 bridgehead atoms. The Kier molecular flexibility index (Phi) is 4.82. The average Bonchev–Trinajstić information content (AvgIpc) is 2.48. The van der Waals surface area contributed by atoms with E-state index in [-0.39, 0.29) is 21.2 Å². The molecular weight excluding hydrogens is 342 g/mol. The number of rotatable bonds is 5. The van der Waals surface area contributed by atoms with Crippen LogP contribution in [-0.4, -0.2) is 26.6 Å². The summed E-state index contributed by atoms with van der Waals surface area (Å²) in [4.78, 5) is 11.2. The first kappa shape index (κ1) is 17.1. The number of aryl methyl sites for hydroxylation is 1. The zero-order valence-electron chi connectivity index (χ0n) is 12.3. The number of hydrogen-bond donors (Lipinski definition) is 2. The molecule has 0 radical (unpaired) electrons. The molecule has 0 atom stereocenters. The molecule has 0 aliphatic carbocycles. The van der Waals surface area contributed by atoms with Crippen molar-refractivity contribution in [3.8, 4) is 5.75 Å². The highest BCUT2D eigenvalue weighted by Crippen LogP contribution is 2.29. The zero-order valence-corrected chi connectivity index (χ0v) is 13.9. The molecular formula is C15H14ClNO5S. The van der Waals surface area contributed by atoms with E-state index >= 15 is 0 Å². The van der Waals surface area contributed by atoms with Crippen LogP contribution in [-0.2, 0) is 10.0 Å². The van der Waals surface area contributed by atoms with Crippen molar-refractivity contribution in [2.75, 3.05) is 11.8 Å². The Morgan fingerprint density at radius 3 is 2.52 bits per heavy atom. The summed E-state index contributed by atoms with van der Waals surface area (Å²) in [7, 11) is -2.58. The van der Waals surface area contributed by atoms with E-state index in [9.17, 15) is 18.3 Å². The predicted molar refractivity (Wildman–Crippen MR) is 87.0 cm³/mol. The van der Waals surface area contributed by atoms with Gasteiger partial charge in [-0.2, -0.15) is 0 Å². The lowest BCUT2D eigenvalue weighted by molar-refractivity contribution is 0.0698. The van der Waals surface area contributed by atoms with Gasteiger partial charge in [0.25, 0.3) is 10.0 Å². The number of anilines is 1. The molecule has 0 aliphatic heterocycles. The summed E-state index contributed by atoms with van der Waals surface area (Å²) in [5, 5.41) is 9.34. The Morgan fingerprint density at radius 2 is 1.96 bits per heavy atom. The van der Waals surface area contributed by atoms with E-state index < -0.39 is 16.0 Å². The normalized spacial score (nSPS) is 11.1. The molecule has 23 heavy (non-hydrogen) atoms. The molecule has 0 aliphatic rings. The van der Waals surface area contributed by atoms with Crippen LogP contribution in [0.15, 0.2) is 41.3 Å². The van der Waals surface area contributed by atoms with Gasteiger partial charge in [-0.15, -0.1) is 0 Å². The summed E-state index contributed by atoms with van der Waals surface area (Å²) >= 11 is 5.94. The standard InChI is InChI=1S/C15H14ClNO5S/c1-9-4-3-5-11(15(18)19)14(9)17-23(20,21)10-6-7-13(22-2)12(16)8-10/h3-8,17H,1-2H3,(H,18,19). The molecule has 0 saturated carbocycles. The maximum absolute atomic E-state index is 12.5. The zero-order chi connectivity index (χ0) is 17.2. The van der Waals surface area contributed by atoms with Crippen molar-refractivity contribution in [2.45, 2.75) is 11.8 Å². The number of hydrogen-bond acceptors (Lipinski definition) is 4. The van der Waals surface area contributed by atoms with Crippen molar-refractivity contribution in [1.82, 2.24) is 0 Å². The summed E-state index contributed by atoms with van der Waals surface area (Å²) in [5.41, 5.74) is 0.383. The molecule has 0 fully saturated rings. The lowest BCUT2D eigenvalue weighted by atomic mass is 10.1. The van der Waals surface area contributed by atoms with E-state index in [1.165, 1.54) is 31.4 Å². The molecule has 0 amide bonds. The molecule has 2 aromatic carbocycles. The van der Waals surface area contributed by atoms with Gasteiger partial charge in [-0.05, 0) is 36.8 Å². The number of aromatic carboxylic acids is 1. The van der Waals surface area contributed by atoms with E-state index in [0.717, 1.165) is 0 Å². The monoisotopic (exact) mass is 355 g/mol. The number of benzene rings is 2. The predicted octanol–water partition coefficient (Wildman–Crippen LogP) is 3.16. The number of carbonyl (C=O) groups is 1. The summed E-state index contributed by atoms with van der Waals surface area (Å²) < 4.78 is 32.2. The van der Waals surface area contributed by atoms with Crippen molar-refractivity contribution in [1.29, 1.82) is 0 Å². The largest absolute Gasteiger partial charge is 0.495 e. The van der Waals surface area contributed by atoms with Crippen LogP contribution in [0.3, 0.4) is 0 Å². The molecule has 6 nitrogen and oxygen atoms in total. The highest BCUT2D eigenvalue weighted by molar-refractivity contribution is 7.92. The van der Waals surface area contributed by atoms with Gasteiger partial charge in [0.2, 0.25) is 0 Å². The lowest BCUT2D eigenvalue weighted by Crippen LogP contribution is -2.16. The molecule has 2 rings (SSSR count). The SMILES string of the molecule is COc1ccc(S(=O)(=O)Nc2c(C)cccc2C(=O)O)cc1Cl. The van der Waals surface area contributed by atoms with Crippen LogP contribution in [0.4, 0.5) is 5.69 Å². The maximum atomic E-state index is 12.5. The highest BCUT2D eigenvalue weighted by atomic mass is 35.5. The van der Waals surface area contributed by atoms with Crippen molar-refractivity contribution in [2.24, 2.45) is 0 Å². The molecule has 0 unspecified atom stereocenters. The van der Waals surface area contributed by atoms with Crippen molar-refractivity contribution >= 4 is 33.3 Å². The minimum atomic E-state index is -3.99. The number of halogens is 1. The van der Waals surface area contributed by atoms with Crippen LogP contribution in [0.2, 0.25) is 5.02 Å². The fraction of sp³-hybridized carbons (Fsp3) is 0.133. The number of carboxylic acids is 1. The van der Waals surface area contributed by atoms with Gasteiger partial charge in [0.1, 0.15) is 5.75 Å². The quantitative estimate of drug-likeness (QED) is 0.859. The molecule has 8 heteroatoms. The molecule has 2 N–H and O–H groups in total. The van der Waals surface area contributed by atoms with E-state index in [1.807, 2.05) is 0 Å². The lowest BCUT2D eigenvalue weighted by Gasteiger charge is -2.14. The summed E-state index contributed by atoms with van der Waals surface area (Å²) in [6.07, 6.45) is 0. The Labute approximate surface area is 138 Å². The third-order valence-electron chi connectivity index (χ3n) is 3.17. The molecule has 122 valence electrons. The first-order chi connectivity index (χ1) is 10.8. The van der Waals surface area contributed by atoms with Gasteiger partial charge >= 0.3 is 5.97 Å². The highest BCUT2D eigenvalue weighted by Gasteiger charge is 2.21. The number of methoxy groups -OCH3 is 1. The second-order valence-electron chi connectivity index (χ2n) is 4.70. The Hall–Kier alpha value is -2.25. The van der Waals surface area contributed by atoms with E-state index in [1.54, 1.807) is 19.1 Å². The van der Waals surface area contributed by atoms with Crippen LogP contribution in [0, 0.1) is 6.92 Å². The summed E-state index contributed by atoms with van der Waals surface area (Å²) in [6.45, 7) is 1.62.